The van der Waals surface area contributed by atoms with Crippen LogP contribution in [0, 0.1) is 19.8 Å². The molecular weight excluding hydrogens is 280 g/mol. The Bertz CT molecular complexity index is 616. The summed E-state index contributed by atoms with van der Waals surface area (Å²) < 4.78 is 3.63. The van der Waals surface area contributed by atoms with Gasteiger partial charge in [0.25, 0.3) is 0 Å². The minimum absolute atomic E-state index is 0.0211. The van der Waals surface area contributed by atoms with Crippen LogP contribution in [0.15, 0.2) is 12.7 Å². The van der Waals surface area contributed by atoms with Crippen LogP contribution in [-0.2, 0) is 24.3 Å². The molecule has 0 bridgehead atoms. The zero-order valence-corrected chi connectivity index (χ0v) is 13.7. The standard InChI is InChI=1S/C15H24N6O/c1-5-14-12(3)19-21(13(14)4)7-6-17-15(22)11(2)8-20-10-16-9-18-20/h9-11H,5-8H2,1-4H3,(H,17,22). The number of aromatic nitrogens is 5. The van der Waals surface area contributed by atoms with Crippen molar-refractivity contribution in [3.8, 4) is 0 Å². The molecule has 2 rings (SSSR count). The lowest BCUT2D eigenvalue weighted by Gasteiger charge is -2.12. The van der Waals surface area contributed by atoms with Crippen molar-refractivity contribution in [2.75, 3.05) is 6.54 Å². The molecule has 2 heterocycles. The summed E-state index contributed by atoms with van der Waals surface area (Å²) in [6.45, 7) is 9.92. The van der Waals surface area contributed by atoms with Gasteiger partial charge in [-0.3, -0.25) is 14.2 Å². The highest BCUT2D eigenvalue weighted by molar-refractivity contribution is 5.78. The number of amides is 1. The predicted octanol–water partition coefficient (Wildman–Crippen LogP) is 1.11. The molecule has 0 saturated heterocycles. The van der Waals surface area contributed by atoms with Gasteiger partial charge >= 0.3 is 0 Å². The van der Waals surface area contributed by atoms with Crippen molar-refractivity contribution >= 4 is 5.91 Å². The fourth-order valence-corrected chi connectivity index (χ4v) is 2.61. The average Bonchev–Trinajstić information content (AvgIpc) is 3.07. The van der Waals surface area contributed by atoms with E-state index in [1.54, 1.807) is 11.0 Å². The zero-order valence-electron chi connectivity index (χ0n) is 13.7. The molecule has 0 saturated carbocycles. The molecule has 0 spiro atoms. The molecule has 7 heteroatoms. The largest absolute Gasteiger partial charge is 0.354 e. The van der Waals surface area contributed by atoms with E-state index in [1.165, 1.54) is 17.6 Å². The lowest BCUT2D eigenvalue weighted by molar-refractivity contribution is -0.125. The maximum Gasteiger partial charge on any atom is 0.224 e. The van der Waals surface area contributed by atoms with Gasteiger partial charge in [-0.15, -0.1) is 0 Å². The fraction of sp³-hybridized carbons (Fsp3) is 0.600. The molecule has 7 nitrogen and oxygen atoms in total. The highest BCUT2D eigenvalue weighted by Gasteiger charge is 2.14. The van der Waals surface area contributed by atoms with Crippen LogP contribution in [0.2, 0.25) is 0 Å². The summed E-state index contributed by atoms with van der Waals surface area (Å²) in [6.07, 6.45) is 4.07. The van der Waals surface area contributed by atoms with Gasteiger partial charge in [-0.05, 0) is 25.8 Å². The quantitative estimate of drug-likeness (QED) is 0.831. The molecule has 1 unspecified atom stereocenters. The van der Waals surface area contributed by atoms with Gasteiger partial charge in [0.05, 0.1) is 24.7 Å². The van der Waals surface area contributed by atoms with Crippen LogP contribution >= 0.6 is 0 Å². The van der Waals surface area contributed by atoms with Gasteiger partial charge in [-0.2, -0.15) is 10.2 Å². The van der Waals surface area contributed by atoms with Crippen LogP contribution in [0.4, 0.5) is 0 Å². The van der Waals surface area contributed by atoms with Crippen molar-refractivity contribution < 1.29 is 4.79 Å². The van der Waals surface area contributed by atoms with E-state index in [1.807, 2.05) is 18.5 Å². The van der Waals surface area contributed by atoms with E-state index in [9.17, 15) is 4.79 Å². The lowest BCUT2D eigenvalue weighted by Crippen LogP contribution is -2.34. The lowest BCUT2D eigenvalue weighted by atomic mass is 10.1. The highest BCUT2D eigenvalue weighted by atomic mass is 16.1. The van der Waals surface area contributed by atoms with Crippen molar-refractivity contribution in [2.45, 2.75) is 47.2 Å². The molecule has 0 aliphatic rings. The number of hydrogen-bond acceptors (Lipinski definition) is 4. The Labute approximate surface area is 130 Å². The van der Waals surface area contributed by atoms with Gasteiger partial charge in [0.15, 0.2) is 0 Å². The van der Waals surface area contributed by atoms with Crippen molar-refractivity contribution in [1.82, 2.24) is 29.9 Å². The molecule has 2 aromatic heterocycles. The average molecular weight is 304 g/mol. The van der Waals surface area contributed by atoms with E-state index in [4.69, 9.17) is 0 Å². The second-order valence-corrected chi connectivity index (χ2v) is 5.54. The summed E-state index contributed by atoms with van der Waals surface area (Å²) in [6, 6.07) is 0. The van der Waals surface area contributed by atoms with Gasteiger partial charge in [-0.1, -0.05) is 13.8 Å². The minimum atomic E-state index is -0.145. The summed E-state index contributed by atoms with van der Waals surface area (Å²) in [5.74, 6) is -0.124. The Morgan fingerprint density at radius 2 is 2.18 bits per heavy atom. The van der Waals surface area contributed by atoms with Crippen LogP contribution in [0.5, 0.6) is 0 Å². The first kappa shape index (κ1) is 16.2. The molecule has 1 amide bonds. The third kappa shape index (κ3) is 3.72. The predicted molar refractivity (Wildman–Crippen MR) is 83.3 cm³/mol. The first-order chi connectivity index (χ1) is 10.5. The maximum absolute atomic E-state index is 12.1. The van der Waals surface area contributed by atoms with Crippen LogP contribution in [0.3, 0.4) is 0 Å². The maximum atomic E-state index is 12.1. The van der Waals surface area contributed by atoms with Crippen molar-refractivity contribution in [3.05, 3.63) is 29.6 Å². The summed E-state index contributed by atoms with van der Waals surface area (Å²) in [5.41, 5.74) is 3.56. The molecule has 0 aromatic carbocycles. The van der Waals surface area contributed by atoms with Gasteiger partial charge in [0.1, 0.15) is 12.7 Å². The summed E-state index contributed by atoms with van der Waals surface area (Å²) >= 11 is 0. The van der Waals surface area contributed by atoms with Gasteiger partial charge in [-0.25, -0.2) is 4.98 Å². The Balaban J connectivity index is 1.82. The summed E-state index contributed by atoms with van der Waals surface area (Å²) in [5, 5.41) is 11.5. The van der Waals surface area contributed by atoms with E-state index in [0.29, 0.717) is 19.6 Å². The highest BCUT2D eigenvalue weighted by Crippen LogP contribution is 2.13. The number of hydrogen-bond donors (Lipinski definition) is 1. The van der Waals surface area contributed by atoms with Crippen molar-refractivity contribution in [1.29, 1.82) is 0 Å². The van der Waals surface area contributed by atoms with Gasteiger partial charge < -0.3 is 5.32 Å². The molecule has 120 valence electrons. The second kappa shape index (κ2) is 7.20. The fourth-order valence-electron chi connectivity index (χ4n) is 2.61. The van der Waals surface area contributed by atoms with Gasteiger partial charge in [0.2, 0.25) is 5.91 Å². The third-order valence-corrected chi connectivity index (χ3v) is 3.88. The Kier molecular flexibility index (Phi) is 5.30. The minimum Gasteiger partial charge on any atom is -0.354 e. The topological polar surface area (TPSA) is 77.6 Å². The van der Waals surface area contributed by atoms with Crippen LogP contribution < -0.4 is 5.32 Å². The first-order valence-electron chi connectivity index (χ1n) is 7.66. The zero-order chi connectivity index (χ0) is 16.1. The molecule has 0 fully saturated rings. The number of aryl methyl sites for hydroxylation is 1. The van der Waals surface area contributed by atoms with E-state index in [2.05, 4.69) is 34.3 Å². The Morgan fingerprint density at radius 1 is 1.41 bits per heavy atom. The first-order valence-corrected chi connectivity index (χ1v) is 7.66. The van der Waals surface area contributed by atoms with Gasteiger partial charge in [0, 0.05) is 12.2 Å². The molecule has 0 aliphatic heterocycles. The number of nitrogens with one attached hydrogen (secondary N) is 1. The molecule has 1 N–H and O–H groups in total. The second-order valence-electron chi connectivity index (χ2n) is 5.54. The Hall–Kier alpha value is -2.18. The van der Waals surface area contributed by atoms with Crippen LogP contribution in [0.1, 0.15) is 30.8 Å². The third-order valence-electron chi connectivity index (χ3n) is 3.88. The normalized spacial score (nSPS) is 12.4. The van der Waals surface area contributed by atoms with E-state index >= 15 is 0 Å². The molecule has 2 aromatic rings. The van der Waals surface area contributed by atoms with Crippen molar-refractivity contribution in [2.24, 2.45) is 5.92 Å². The van der Waals surface area contributed by atoms with E-state index in [-0.39, 0.29) is 11.8 Å². The van der Waals surface area contributed by atoms with Crippen molar-refractivity contribution in [3.63, 3.8) is 0 Å². The molecule has 0 radical (unpaired) electrons. The van der Waals surface area contributed by atoms with Crippen LogP contribution in [0.25, 0.3) is 0 Å². The number of carbonyl (C=O) groups is 1. The molecular formula is C15H24N6O. The summed E-state index contributed by atoms with van der Waals surface area (Å²) in [4.78, 5) is 15.9. The number of nitrogens with zero attached hydrogens (tertiary/aromatic N) is 5. The van der Waals surface area contributed by atoms with Crippen LogP contribution in [-0.4, -0.2) is 37.0 Å². The van der Waals surface area contributed by atoms with E-state index in [0.717, 1.165) is 12.1 Å². The van der Waals surface area contributed by atoms with E-state index < -0.39 is 0 Å². The molecule has 1 atom stereocenters. The summed E-state index contributed by atoms with van der Waals surface area (Å²) in [7, 11) is 0. The molecule has 0 aliphatic carbocycles. The Morgan fingerprint density at radius 3 is 2.77 bits per heavy atom. The smallest absolute Gasteiger partial charge is 0.224 e. The number of rotatable bonds is 7. The monoisotopic (exact) mass is 304 g/mol. The number of carbonyl (C=O) groups excluding carboxylic acids is 1. The molecule has 22 heavy (non-hydrogen) atoms. The SMILES string of the molecule is CCc1c(C)nn(CCNC(=O)C(C)Cn2cncn2)c1C.